The molecule has 0 aromatic heterocycles. The molecule has 0 bridgehead atoms. The first-order valence-electron chi connectivity index (χ1n) is 3.93. The minimum absolute atomic E-state index is 0.324. The minimum atomic E-state index is -2.69. The zero-order valence-electron chi connectivity index (χ0n) is 7.00. The van der Waals surface area contributed by atoms with E-state index in [0.717, 1.165) is 6.42 Å². The first kappa shape index (κ1) is 9.00. The van der Waals surface area contributed by atoms with E-state index in [1.807, 2.05) is 14.0 Å². The van der Waals surface area contributed by atoms with Gasteiger partial charge in [-0.05, 0) is 26.3 Å². The first-order valence-corrected chi connectivity index (χ1v) is 5.75. The Bertz CT molecular complexity index is 223. The van der Waals surface area contributed by atoms with Crippen molar-refractivity contribution in [2.24, 2.45) is 5.92 Å². The summed E-state index contributed by atoms with van der Waals surface area (Å²) in [5.74, 6) is 1.07. The Hall–Kier alpha value is -0.0900. The summed E-state index contributed by atoms with van der Waals surface area (Å²) in [5.41, 5.74) is 0. The van der Waals surface area contributed by atoms with E-state index in [9.17, 15) is 8.42 Å². The number of hydrogen-bond acceptors (Lipinski definition) is 3. The number of sulfone groups is 1. The molecule has 0 amide bonds. The Labute approximate surface area is 68.1 Å². The molecule has 0 radical (unpaired) electrons. The van der Waals surface area contributed by atoms with Crippen molar-refractivity contribution < 1.29 is 8.42 Å². The van der Waals surface area contributed by atoms with Crippen LogP contribution in [0.2, 0.25) is 0 Å². The topological polar surface area (TPSA) is 46.2 Å². The Kier molecular flexibility index (Phi) is 2.54. The van der Waals surface area contributed by atoms with E-state index < -0.39 is 9.84 Å². The predicted octanol–water partition coefficient (Wildman–Crippen LogP) is 0.0290. The van der Waals surface area contributed by atoms with Gasteiger partial charge in [-0.2, -0.15) is 0 Å². The van der Waals surface area contributed by atoms with Crippen molar-refractivity contribution in [3.63, 3.8) is 0 Å². The van der Waals surface area contributed by atoms with Crippen LogP contribution >= 0.6 is 0 Å². The molecular weight excluding hydrogens is 162 g/mol. The summed E-state index contributed by atoms with van der Waals surface area (Å²) in [6, 6.07) is 0.326. The maximum atomic E-state index is 11.0. The molecule has 1 rings (SSSR count). The van der Waals surface area contributed by atoms with Crippen LogP contribution in [-0.4, -0.2) is 33.0 Å². The van der Waals surface area contributed by atoms with Crippen LogP contribution in [0.5, 0.6) is 0 Å². The zero-order chi connectivity index (χ0) is 8.48. The minimum Gasteiger partial charge on any atom is -0.317 e. The monoisotopic (exact) mass is 177 g/mol. The van der Waals surface area contributed by atoms with Gasteiger partial charge in [0, 0.05) is 6.04 Å². The second-order valence-electron chi connectivity index (χ2n) is 3.24. The molecule has 0 aromatic rings. The van der Waals surface area contributed by atoms with Crippen molar-refractivity contribution in [3.8, 4) is 0 Å². The van der Waals surface area contributed by atoms with Crippen molar-refractivity contribution in [2.45, 2.75) is 19.4 Å². The van der Waals surface area contributed by atoms with E-state index in [1.165, 1.54) is 0 Å². The molecule has 4 heteroatoms. The number of nitrogens with one attached hydrogen (secondary N) is 1. The molecule has 2 unspecified atom stereocenters. The van der Waals surface area contributed by atoms with Crippen molar-refractivity contribution >= 4 is 9.84 Å². The lowest BCUT2D eigenvalue weighted by Gasteiger charge is -2.15. The fourth-order valence-corrected chi connectivity index (χ4v) is 3.39. The smallest absolute Gasteiger partial charge is 0.150 e. The summed E-state index contributed by atoms with van der Waals surface area (Å²) in [6.07, 6.45) is 0.824. The third-order valence-electron chi connectivity index (χ3n) is 2.43. The number of hydrogen-bond donors (Lipinski definition) is 1. The van der Waals surface area contributed by atoms with Gasteiger partial charge in [-0.1, -0.05) is 0 Å². The SMILES string of the molecule is CNC(C)C1CCS(=O)(=O)C1. The van der Waals surface area contributed by atoms with Gasteiger partial charge in [0.2, 0.25) is 0 Å². The molecule has 0 saturated carbocycles. The Morgan fingerprint density at radius 3 is 2.55 bits per heavy atom. The third kappa shape index (κ3) is 2.17. The highest BCUT2D eigenvalue weighted by Crippen LogP contribution is 2.21. The van der Waals surface area contributed by atoms with E-state index in [2.05, 4.69) is 5.32 Å². The Morgan fingerprint density at radius 2 is 2.18 bits per heavy atom. The maximum Gasteiger partial charge on any atom is 0.150 e. The van der Waals surface area contributed by atoms with Gasteiger partial charge in [-0.3, -0.25) is 0 Å². The summed E-state index contributed by atoms with van der Waals surface area (Å²) in [6.45, 7) is 2.03. The van der Waals surface area contributed by atoms with E-state index in [1.54, 1.807) is 0 Å². The highest BCUT2D eigenvalue weighted by atomic mass is 32.2. The highest BCUT2D eigenvalue weighted by Gasteiger charge is 2.30. The molecular formula is C7H15NO2S. The zero-order valence-corrected chi connectivity index (χ0v) is 7.82. The first-order chi connectivity index (χ1) is 5.05. The molecule has 66 valence electrons. The van der Waals surface area contributed by atoms with Crippen molar-refractivity contribution in [3.05, 3.63) is 0 Å². The lowest BCUT2D eigenvalue weighted by Crippen LogP contribution is -2.31. The van der Waals surface area contributed by atoms with Crippen molar-refractivity contribution in [1.82, 2.24) is 5.32 Å². The van der Waals surface area contributed by atoms with Crippen LogP contribution in [0.25, 0.3) is 0 Å². The second kappa shape index (κ2) is 3.11. The maximum absolute atomic E-state index is 11.0. The van der Waals surface area contributed by atoms with Crippen LogP contribution in [-0.2, 0) is 9.84 Å². The predicted molar refractivity (Wildman–Crippen MR) is 45.3 cm³/mol. The van der Waals surface area contributed by atoms with Crippen molar-refractivity contribution in [1.29, 1.82) is 0 Å². The molecule has 1 fully saturated rings. The van der Waals surface area contributed by atoms with Gasteiger partial charge >= 0.3 is 0 Å². The van der Waals surface area contributed by atoms with Gasteiger partial charge in [-0.25, -0.2) is 8.42 Å². The molecule has 1 N–H and O–H groups in total. The lowest BCUT2D eigenvalue weighted by molar-refractivity contribution is 0.434. The van der Waals surface area contributed by atoms with E-state index >= 15 is 0 Å². The van der Waals surface area contributed by atoms with Crippen LogP contribution < -0.4 is 5.32 Å². The largest absolute Gasteiger partial charge is 0.317 e. The van der Waals surface area contributed by atoms with Gasteiger partial charge < -0.3 is 5.32 Å². The average molecular weight is 177 g/mol. The van der Waals surface area contributed by atoms with Gasteiger partial charge in [-0.15, -0.1) is 0 Å². The molecule has 3 nitrogen and oxygen atoms in total. The standard InChI is InChI=1S/C7H15NO2S/c1-6(8-2)7-3-4-11(9,10)5-7/h6-8H,3-5H2,1-2H3. The third-order valence-corrected chi connectivity index (χ3v) is 4.22. The van der Waals surface area contributed by atoms with Crippen LogP contribution in [0.1, 0.15) is 13.3 Å². The normalized spacial score (nSPS) is 32.0. The van der Waals surface area contributed by atoms with Gasteiger partial charge in [0.1, 0.15) is 0 Å². The van der Waals surface area contributed by atoms with E-state index in [-0.39, 0.29) is 0 Å². The fourth-order valence-electron chi connectivity index (χ4n) is 1.45. The molecule has 1 heterocycles. The molecule has 0 spiro atoms. The van der Waals surface area contributed by atoms with Crippen LogP contribution in [0, 0.1) is 5.92 Å². The average Bonchev–Trinajstić information content (AvgIpc) is 2.29. The van der Waals surface area contributed by atoms with Crippen LogP contribution in [0.4, 0.5) is 0 Å². The molecule has 1 aliphatic heterocycles. The van der Waals surface area contributed by atoms with E-state index in [0.29, 0.717) is 23.5 Å². The highest BCUT2D eigenvalue weighted by molar-refractivity contribution is 7.91. The molecule has 0 aromatic carbocycles. The second-order valence-corrected chi connectivity index (χ2v) is 5.47. The van der Waals surface area contributed by atoms with Gasteiger partial charge in [0.25, 0.3) is 0 Å². The van der Waals surface area contributed by atoms with Gasteiger partial charge in [0.05, 0.1) is 11.5 Å². The lowest BCUT2D eigenvalue weighted by atomic mass is 10.0. The summed E-state index contributed by atoms with van der Waals surface area (Å²) in [4.78, 5) is 0. The summed E-state index contributed by atoms with van der Waals surface area (Å²) in [7, 11) is -0.820. The van der Waals surface area contributed by atoms with E-state index in [4.69, 9.17) is 0 Å². The van der Waals surface area contributed by atoms with Crippen LogP contribution in [0.3, 0.4) is 0 Å². The Balaban J connectivity index is 2.55. The Morgan fingerprint density at radius 1 is 1.55 bits per heavy atom. The summed E-state index contributed by atoms with van der Waals surface area (Å²) >= 11 is 0. The molecule has 11 heavy (non-hydrogen) atoms. The molecule has 2 atom stereocenters. The molecule has 0 aliphatic carbocycles. The van der Waals surface area contributed by atoms with Crippen molar-refractivity contribution in [2.75, 3.05) is 18.6 Å². The quantitative estimate of drug-likeness (QED) is 0.647. The molecule has 1 aliphatic rings. The van der Waals surface area contributed by atoms with Crippen LogP contribution in [0.15, 0.2) is 0 Å². The fraction of sp³-hybridized carbons (Fsp3) is 1.00. The summed E-state index contributed by atoms with van der Waals surface area (Å²) < 4.78 is 22.1. The summed E-state index contributed by atoms with van der Waals surface area (Å²) in [5, 5.41) is 3.08. The number of rotatable bonds is 2. The van der Waals surface area contributed by atoms with Gasteiger partial charge in [0.15, 0.2) is 9.84 Å². The molecule has 1 saturated heterocycles.